The van der Waals surface area contributed by atoms with Crippen LogP contribution in [0.3, 0.4) is 0 Å². The van der Waals surface area contributed by atoms with Crippen molar-refractivity contribution in [3.8, 4) is 5.75 Å². The van der Waals surface area contributed by atoms with Crippen LogP contribution in [-0.2, 0) is 22.6 Å². The molecule has 0 spiro atoms. The zero-order chi connectivity index (χ0) is 16.8. The molecule has 0 bridgehead atoms. The van der Waals surface area contributed by atoms with E-state index in [-0.39, 0.29) is 35.7 Å². The Morgan fingerprint density at radius 2 is 2.00 bits per heavy atom. The summed E-state index contributed by atoms with van der Waals surface area (Å²) in [5, 5.41) is 11.1. The Balaban J connectivity index is 0. The van der Waals surface area contributed by atoms with E-state index in [1.54, 1.807) is 44.6 Å². The van der Waals surface area contributed by atoms with Crippen LogP contribution in [-0.4, -0.2) is 21.1 Å². The molecule has 7 heteroatoms. The normalized spacial score (nSPS) is 9.71. The van der Waals surface area contributed by atoms with Gasteiger partial charge in [-0.25, -0.2) is 4.98 Å². The van der Waals surface area contributed by atoms with Crippen molar-refractivity contribution >= 4 is 5.69 Å². The minimum Gasteiger partial charge on any atom is -0.484 e. The second-order valence-corrected chi connectivity index (χ2v) is 5.25. The molecule has 1 heterocycles. The fraction of sp³-hybridized carbons (Fsp3) is 0.353. The van der Waals surface area contributed by atoms with E-state index in [1.807, 2.05) is 24.6 Å². The Hall–Kier alpha value is -1.85. The van der Waals surface area contributed by atoms with Gasteiger partial charge in [-0.1, -0.05) is 12.1 Å². The fourth-order valence-electron chi connectivity index (χ4n) is 1.93. The average Bonchev–Trinajstić information content (AvgIpc) is 3.02. The number of ether oxygens (including phenoxy) is 1. The molecule has 0 aliphatic heterocycles. The summed E-state index contributed by atoms with van der Waals surface area (Å²) in [5.41, 5.74) is 0.274. The first-order valence-corrected chi connectivity index (χ1v) is 6.98. The third kappa shape index (κ3) is 5.98. The molecule has 0 fully saturated rings. The van der Waals surface area contributed by atoms with Crippen LogP contribution < -0.4 is 4.74 Å². The molecule has 0 saturated heterocycles. The third-order valence-electron chi connectivity index (χ3n) is 3.17. The molecule has 0 amide bonds. The number of aromatic nitrogens is 2. The van der Waals surface area contributed by atoms with Gasteiger partial charge in [-0.3, -0.25) is 10.1 Å². The largest absolute Gasteiger partial charge is 2.00 e. The molecule has 0 radical (unpaired) electrons. The van der Waals surface area contributed by atoms with Crippen LogP contribution >= 0.6 is 0 Å². The standard InChI is InChI=1S/C14H17N3O3.C2H5.CH3.Fe/c1-11-5-4-6-12(13(11)17(18)19)20-9-14(2,3)16-8-7-15-10-16;1-2;;/h4-8,10H,9H2,1-3H3;1H2,2H3;1H3;/q;2*-1;+2. The van der Waals surface area contributed by atoms with E-state index < -0.39 is 4.92 Å². The molecule has 134 valence electrons. The van der Waals surface area contributed by atoms with Gasteiger partial charge in [0.25, 0.3) is 0 Å². The smallest absolute Gasteiger partial charge is 0.484 e. The maximum Gasteiger partial charge on any atom is 2.00 e. The number of hydrogen-bond acceptors (Lipinski definition) is 4. The van der Waals surface area contributed by atoms with E-state index in [9.17, 15) is 10.1 Å². The molecular weight excluding hydrogens is 350 g/mol. The van der Waals surface area contributed by atoms with E-state index in [0.717, 1.165) is 0 Å². The van der Waals surface area contributed by atoms with Gasteiger partial charge in [0.05, 0.1) is 16.8 Å². The first kappa shape index (κ1) is 24.4. The van der Waals surface area contributed by atoms with Crippen molar-refractivity contribution in [3.63, 3.8) is 0 Å². The van der Waals surface area contributed by atoms with Crippen molar-refractivity contribution in [1.82, 2.24) is 9.55 Å². The topological polar surface area (TPSA) is 70.2 Å². The third-order valence-corrected chi connectivity index (χ3v) is 3.17. The van der Waals surface area contributed by atoms with Crippen molar-refractivity contribution in [1.29, 1.82) is 0 Å². The monoisotopic (exact) mass is 375 g/mol. The molecule has 0 saturated carbocycles. The van der Waals surface area contributed by atoms with Crippen LogP contribution in [0.25, 0.3) is 0 Å². The van der Waals surface area contributed by atoms with E-state index in [0.29, 0.717) is 17.9 Å². The van der Waals surface area contributed by atoms with Crippen molar-refractivity contribution in [2.24, 2.45) is 0 Å². The summed E-state index contributed by atoms with van der Waals surface area (Å²) < 4.78 is 7.59. The molecule has 24 heavy (non-hydrogen) atoms. The molecule has 0 aliphatic carbocycles. The van der Waals surface area contributed by atoms with Gasteiger partial charge in [-0.15, -0.1) is 0 Å². The molecule has 0 atom stereocenters. The molecule has 0 unspecified atom stereocenters. The van der Waals surface area contributed by atoms with E-state index in [1.165, 1.54) is 0 Å². The summed E-state index contributed by atoms with van der Waals surface area (Å²) in [6, 6.07) is 5.07. The van der Waals surface area contributed by atoms with E-state index in [2.05, 4.69) is 11.9 Å². The molecule has 2 rings (SSSR count). The Bertz CT molecular complexity index is 614. The number of imidazole rings is 1. The number of aryl methyl sites for hydroxylation is 1. The van der Waals surface area contributed by atoms with Gasteiger partial charge in [0, 0.05) is 18.0 Å². The molecule has 1 aromatic carbocycles. The van der Waals surface area contributed by atoms with Crippen LogP contribution in [0.5, 0.6) is 5.75 Å². The fourth-order valence-corrected chi connectivity index (χ4v) is 1.93. The Kier molecular flexibility index (Phi) is 11.0. The van der Waals surface area contributed by atoms with Gasteiger partial charge in [0.2, 0.25) is 0 Å². The van der Waals surface area contributed by atoms with Gasteiger partial charge < -0.3 is 23.7 Å². The maximum absolute atomic E-state index is 11.1. The Morgan fingerprint density at radius 3 is 2.50 bits per heavy atom. The van der Waals surface area contributed by atoms with Crippen LogP contribution in [0.15, 0.2) is 36.9 Å². The molecule has 0 N–H and O–H groups in total. The van der Waals surface area contributed by atoms with Gasteiger partial charge in [0.1, 0.15) is 6.61 Å². The summed E-state index contributed by atoms with van der Waals surface area (Å²) in [6.45, 7) is 11.0. The van der Waals surface area contributed by atoms with Gasteiger partial charge >= 0.3 is 22.8 Å². The second kappa shape index (κ2) is 10.8. The van der Waals surface area contributed by atoms with Gasteiger partial charge in [-0.05, 0) is 26.8 Å². The molecular formula is C17H25FeN3O3. The van der Waals surface area contributed by atoms with E-state index in [4.69, 9.17) is 4.74 Å². The van der Waals surface area contributed by atoms with Crippen molar-refractivity contribution in [2.45, 2.75) is 33.2 Å². The van der Waals surface area contributed by atoms with Crippen LogP contribution in [0.4, 0.5) is 5.69 Å². The molecule has 6 nitrogen and oxygen atoms in total. The minimum absolute atomic E-state index is 0. The number of hydrogen-bond donors (Lipinski definition) is 0. The number of para-hydroxylation sites is 1. The molecule has 1 aromatic heterocycles. The summed E-state index contributed by atoms with van der Waals surface area (Å²) in [7, 11) is 0. The van der Waals surface area contributed by atoms with Crippen molar-refractivity contribution in [2.75, 3.05) is 6.61 Å². The quantitative estimate of drug-likeness (QED) is 0.340. The zero-order valence-corrected chi connectivity index (χ0v) is 15.9. The van der Waals surface area contributed by atoms with E-state index >= 15 is 0 Å². The second-order valence-electron chi connectivity index (χ2n) is 5.25. The van der Waals surface area contributed by atoms with Gasteiger partial charge in [-0.2, -0.15) is 6.92 Å². The van der Waals surface area contributed by atoms with Crippen molar-refractivity contribution in [3.05, 3.63) is 66.9 Å². The number of nitro groups is 1. The number of nitrogens with zero attached hydrogens (tertiary/aromatic N) is 3. The Morgan fingerprint density at radius 1 is 1.38 bits per heavy atom. The van der Waals surface area contributed by atoms with Crippen LogP contribution in [0, 0.1) is 31.4 Å². The summed E-state index contributed by atoms with van der Waals surface area (Å²) in [4.78, 5) is 14.7. The number of benzene rings is 1. The average molecular weight is 375 g/mol. The Labute approximate surface area is 154 Å². The van der Waals surface area contributed by atoms with Crippen LogP contribution in [0.2, 0.25) is 0 Å². The maximum atomic E-state index is 11.1. The summed E-state index contributed by atoms with van der Waals surface area (Å²) in [5.74, 6) is 0.295. The molecule has 2 aromatic rings. The SMILES string of the molecule is Cc1cccc(OCC(C)(C)n2ccnc2)c1[N+](=O)[O-].[CH2-]C.[CH3-].[Fe+2]. The first-order chi connectivity index (χ1) is 10.4. The van der Waals surface area contributed by atoms with Crippen LogP contribution in [0.1, 0.15) is 26.3 Å². The predicted octanol–water partition coefficient (Wildman–Crippen LogP) is 4.20. The van der Waals surface area contributed by atoms with Crippen molar-refractivity contribution < 1.29 is 26.7 Å². The summed E-state index contributed by atoms with van der Waals surface area (Å²) in [6.07, 6.45) is 5.24. The van der Waals surface area contributed by atoms with Gasteiger partial charge in [0.15, 0.2) is 5.75 Å². The predicted molar refractivity (Wildman–Crippen MR) is 92.3 cm³/mol. The molecule has 0 aliphatic rings. The zero-order valence-electron chi connectivity index (χ0n) is 14.8. The minimum atomic E-state index is -0.408. The number of rotatable bonds is 5. The first-order valence-electron chi connectivity index (χ1n) is 6.98. The summed E-state index contributed by atoms with van der Waals surface area (Å²) >= 11 is 0. The number of nitro benzene ring substituents is 1.